The zero-order valence-corrected chi connectivity index (χ0v) is 11.9. The summed E-state index contributed by atoms with van der Waals surface area (Å²) in [6, 6.07) is 18.2. The molecule has 2 aromatic carbocycles. The fourth-order valence-corrected chi connectivity index (χ4v) is 3.03. The van der Waals surface area contributed by atoms with Gasteiger partial charge < -0.3 is 4.48 Å². The van der Waals surface area contributed by atoms with E-state index in [1.165, 1.54) is 11.1 Å². The third-order valence-corrected chi connectivity index (χ3v) is 4.21. The summed E-state index contributed by atoms with van der Waals surface area (Å²) in [5.41, 5.74) is 3.66. The van der Waals surface area contributed by atoms with E-state index in [1.54, 1.807) is 0 Å². The Hall–Kier alpha value is -1.93. The van der Waals surface area contributed by atoms with Gasteiger partial charge in [0.15, 0.2) is 0 Å². The lowest BCUT2D eigenvalue weighted by molar-refractivity contribution is -0.916. The van der Waals surface area contributed by atoms with Crippen molar-refractivity contribution in [2.24, 2.45) is 0 Å². The first-order chi connectivity index (χ1) is 9.66. The summed E-state index contributed by atoms with van der Waals surface area (Å²) < 4.78 is 0.810. The van der Waals surface area contributed by atoms with Crippen LogP contribution < -0.4 is 0 Å². The molecule has 1 heterocycles. The standard InChI is InChI=1S/C18H20NO/c1-19(14-18(20)16-8-3-2-4-9-16)12-11-15-7-5-6-10-17(15)13-19/h2-10H,11-14H2,1H3/q+1/t19-/m1/s1. The first-order valence-electron chi connectivity index (χ1n) is 7.15. The van der Waals surface area contributed by atoms with E-state index in [4.69, 9.17) is 0 Å². The summed E-state index contributed by atoms with van der Waals surface area (Å²) in [5.74, 6) is 0.243. The molecule has 2 aromatic rings. The van der Waals surface area contributed by atoms with E-state index in [0.29, 0.717) is 6.54 Å². The molecule has 0 radical (unpaired) electrons. The third kappa shape index (κ3) is 2.66. The van der Waals surface area contributed by atoms with Gasteiger partial charge in [-0.3, -0.25) is 4.79 Å². The Labute approximate surface area is 120 Å². The number of fused-ring (bicyclic) bond motifs is 1. The van der Waals surface area contributed by atoms with Gasteiger partial charge in [0.25, 0.3) is 0 Å². The molecule has 1 aliphatic rings. The van der Waals surface area contributed by atoms with Crippen LogP contribution in [0, 0.1) is 0 Å². The average molecular weight is 266 g/mol. The van der Waals surface area contributed by atoms with Crippen molar-refractivity contribution < 1.29 is 9.28 Å². The smallest absolute Gasteiger partial charge is 0.216 e. The van der Waals surface area contributed by atoms with Crippen LogP contribution in [0.15, 0.2) is 54.6 Å². The highest BCUT2D eigenvalue weighted by molar-refractivity contribution is 5.96. The van der Waals surface area contributed by atoms with Crippen LogP contribution in [0.25, 0.3) is 0 Å². The maximum absolute atomic E-state index is 12.4. The van der Waals surface area contributed by atoms with Gasteiger partial charge in [0.1, 0.15) is 13.1 Å². The molecule has 3 rings (SSSR count). The topological polar surface area (TPSA) is 17.1 Å². The van der Waals surface area contributed by atoms with Crippen LogP contribution in [0.3, 0.4) is 0 Å². The Morgan fingerprint density at radius 3 is 2.40 bits per heavy atom. The molecule has 0 fully saturated rings. The monoisotopic (exact) mass is 266 g/mol. The maximum Gasteiger partial charge on any atom is 0.216 e. The predicted molar refractivity (Wildman–Crippen MR) is 80.5 cm³/mol. The van der Waals surface area contributed by atoms with E-state index in [-0.39, 0.29) is 5.78 Å². The maximum atomic E-state index is 12.4. The molecule has 102 valence electrons. The summed E-state index contributed by atoms with van der Waals surface area (Å²) in [7, 11) is 2.19. The van der Waals surface area contributed by atoms with E-state index in [2.05, 4.69) is 31.3 Å². The molecule has 0 saturated carbocycles. The van der Waals surface area contributed by atoms with E-state index in [9.17, 15) is 4.79 Å². The summed E-state index contributed by atoms with van der Waals surface area (Å²) in [6.07, 6.45) is 1.06. The highest BCUT2D eigenvalue weighted by atomic mass is 16.1. The first-order valence-corrected chi connectivity index (χ1v) is 7.15. The molecular formula is C18H20NO+. The van der Waals surface area contributed by atoms with Crippen LogP contribution in [0.5, 0.6) is 0 Å². The van der Waals surface area contributed by atoms with Gasteiger partial charge in [0.05, 0.1) is 13.6 Å². The fraction of sp³-hybridized carbons (Fsp3) is 0.278. The van der Waals surface area contributed by atoms with Gasteiger partial charge in [-0.1, -0.05) is 54.6 Å². The van der Waals surface area contributed by atoms with E-state index in [1.807, 2.05) is 30.3 Å². The minimum atomic E-state index is 0.243. The molecule has 1 aliphatic heterocycles. The van der Waals surface area contributed by atoms with Crippen LogP contribution in [-0.2, 0) is 13.0 Å². The number of rotatable bonds is 3. The molecule has 0 unspecified atom stereocenters. The van der Waals surface area contributed by atoms with Crippen LogP contribution in [0.1, 0.15) is 21.5 Å². The number of benzene rings is 2. The molecule has 0 bridgehead atoms. The molecule has 0 spiro atoms. The Kier molecular flexibility index (Phi) is 3.41. The number of nitrogens with zero attached hydrogens (tertiary/aromatic N) is 1. The van der Waals surface area contributed by atoms with Crippen LogP contribution in [0.2, 0.25) is 0 Å². The van der Waals surface area contributed by atoms with E-state index in [0.717, 1.165) is 29.6 Å². The number of likely N-dealkylation sites (N-methyl/N-ethyl adjacent to an activating group) is 1. The van der Waals surface area contributed by atoms with Crippen molar-refractivity contribution in [3.8, 4) is 0 Å². The summed E-state index contributed by atoms with van der Waals surface area (Å²) in [4.78, 5) is 12.4. The van der Waals surface area contributed by atoms with E-state index >= 15 is 0 Å². The summed E-state index contributed by atoms with van der Waals surface area (Å²) >= 11 is 0. The second-order valence-corrected chi connectivity index (χ2v) is 5.97. The van der Waals surface area contributed by atoms with Crippen molar-refractivity contribution in [2.45, 2.75) is 13.0 Å². The molecule has 20 heavy (non-hydrogen) atoms. The Morgan fingerprint density at radius 1 is 1.00 bits per heavy atom. The van der Waals surface area contributed by atoms with Gasteiger partial charge in [0.2, 0.25) is 5.78 Å². The summed E-state index contributed by atoms with van der Waals surface area (Å²) in [6.45, 7) is 2.57. The number of carbonyl (C=O) groups is 1. The largest absolute Gasteiger partial charge is 0.316 e. The van der Waals surface area contributed by atoms with Gasteiger partial charge >= 0.3 is 0 Å². The van der Waals surface area contributed by atoms with Crippen molar-refractivity contribution in [1.82, 2.24) is 0 Å². The predicted octanol–water partition coefficient (Wildman–Crippen LogP) is 3.07. The van der Waals surface area contributed by atoms with Crippen molar-refractivity contribution in [1.29, 1.82) is 0 Å². The van der Waals surface area contributed by atoms with Crippen LogP contribution in [-0.4, -0.2) is 30.4 Å². The molecule has 0 aliphatic carbocycles. The zero-order valence-electron chi connectivity index (χ0n) is 11.9. The molecule has 0 aromatic heterocycles. The lowest BCUT2D eigenvalue weighted by Gasteiger charge is -2.38. The highest BCUT2D eigenvalue weighted by Gasteiger charge is 2.30. The third-order valence-electron chi connectivity index (χ3n) is 4.21. The Bertz CT molecular complexity index is 620. The number of hydrogen-bond donors (Lipinski definition) is 0. The molecule has 0 N–H and O–H groups in total. The first kappa shape index (κ1) is 13.1. The number of Topliss-reactive ketones (excluding diaryl/α,β-unsaturated/α-hetero) is 1. The molecule has 2 nitrogen and oxygen atoms in total. The molecular weight excluding hydrogens is 246 g/mol. The minimum absolute atomic E-state index is 0.243. The molecule has 0 saturated heterocycles. The SMILES string of the molecule is C[N@@+]1(CC(=O)c2ccccc2)CCc2ccccc2C1. The quantitative estimate of drug-likeness (QED) is 0.616. The fourth-order valence-electron chi connectivity index (χ4n) is 3.03. The van der Waals surface area contributed by atoms with Crippen molar-refractivity contribution in [2.75, 3.05) is 20.1 Å². The zero-order chi connectivity index (χ0) is 14.0. The second-order valence-electron chi connectivity index (χ2n) is 5.97. The lowest BCUT2D eigenvalue weighted by Crippen LogP contribution is -2.50. The van der Waals surface area contributed by atoms with Gasteiger partial charge in [-0.05, 0) is 5.56 Å². The molecule has 2 heteroatoms. The number of carbonyl (C=O) groups excluding carboxylic acids is 1. The number of ketones is 1. The normalized spacial score (nSPS) is 21.2. The van der Waals surface area contributed by atoms with Gasteiger partial charge in [-0.25, -0.2) is 0 Å². The molecule has 1 atom stereocenters. The molecule has 0 amide bonds. The van der Waals surface area contributed by atoms with Crippen molar-refractivity contribution in [3.05, 3.63) is 71.3 Å². The van der Waals surface area contributed by atoms with Crippen LogP contribution >= 0.6 is 0 Å². The van der Waals surface area contributed by atoms with Crippen molar-refractivity contribution in [3.63, 3.8) is 0 Å². The number of hydrogen-bond acceptors (Lipinski definition) is 1. The lowest BCUT2D eigenvalue weighted by atomic mass is 9.97. The Balaban J connectivity index is 1.77. The Morgan fingerprint density at radius 2 is 1.65 bits per heavy atom. The van der Waals surface area contributed by atoms with Gasteiger partial charge in [0, 0.05) is 17.5 Å². The minimum Gasteiger partial charge on any atom is -0.316 e. The van der Waals surface area contributed by atoms with E-state index < -0.39 is 0 Å². The van der Waals surface area contributed by atoms with Gasteiger partial charge in [-0.2, -0.15) is 0 Å². The van der Waals surface area contributed by atoms with Gasteiger partial charge in [-0.15, -0.1) is 0 Å². The highest BCUT2D eigenvalue weighted by Crippen LogP contribution is 2.23. The summed E-state index contributed by atoms with van der Waals surface area (Å²) in [5, 5.41) is 0. The van der Waals surface area contributed by atoms with Crippen LogP contribution in [0.4, 0.5) is 0 Å². The number of quaternary nitrogens is 1. The average Bonchev–Trinajstić information content (AvgIpc) is 2.47. The second kappa shape index (κ2) is 5.22. The van der Waals surface area contributed by atoms with Crippen molar-refractivity contribution >= 4 is 5.78 Å².